The molecule has 1 aromatic carbocycles. The molecule has 1 unspecified atom stereocenters. The first-order valence-corrected chi connectivity index (χ1v) is 11.6. The zero-order valence-electron chi connectivity index (χ0n) is 16.6. The zero-order chi connectivity index (χ0) is 19.8. The van der Waals surface area contributed by atoms with Crippen molar-refractivity contribution in [3.05, 3.63) is 46.9 Å². The molecule has 3 aromatic heterocycles. The lowest BCUT2D eigenvalue weighted by Crippen LogP contribution is -2.29. The lowest BCUT2D eigenvalue weighted by Gasteiger charge is -2.24. The maximum absolute atomic E-state index is 5.36. The third-order valence-electron chi connectivity index (χ3n) is 5.87. The van der Waals surface area contributed by atoms with Gasteiger partial charge in [0.25, 0.3) is 0 Å². The fourth-order valence-corrected chi connectivity index (χ4v) is 6.22. The summed E-state index contributed by atoms with van der Waals surface area (Å²) in [6.45, 7) is 1.94. The van der Waals surface area contributed by atoms with E-state index in [1.54, 1.807) is 18.4 Å². The molecule has 1 N–H and O–H groups in total. The molecule has 7 heteroatoms. The highest BCUT2D eigenvalue weighted by Crippen LogP contribution is 2.41. The Morgan fingerprint density at radius 3 is 3.07 bits per heavy atom. The predicted octanol–water partition coefficient (Wildman–Crippen LogP) is 5.47. The average Bonchev–Trinajstić information content (AvgIpc) is 3.44. The van der Waals surface area contributed by atoms with Crippen LogP contribution in [0.5, 0.6) is 0 Å². The summed E-state index contributed by atoms with van der Waals surface area (Å²) in [5, 5.41) is 4.79. The number of aromatic nitrogens is 2. The van der Waals surface area contributed by atoms with Gasteiger partial charge in [0.2, 0.25) is 0 Å². The van der Waals surface area contributed by atoms with Crippen LogP contribution in [0.3, 0.4) is 0 Å². The molecular formula is C22H24N4OS2. The topological polar surface area (TPSA) is 50.3 Å². The van der Waals surface area contributed by atoms with E-state index >= 15 is 0 Å². The standard InChI is InChI=1S/C22H24N4OS2/c1-26-9-6-15(19(26)7-10-27-2)21-12-16-17(5-8-23-22(16)29-21)25-14-3-4-20-18(11-14)24-13-28-20/h3-5,8,11-13,15,19H,6-7,9-10H2,1-2H3,(H,23,25)/t15?,19-/m1/s1. The molecule has 1 aliphatic rings. The molecule has 1 aliphatic heterocycles. The van der Waals surface area contributed by atoms with Crippen molar-refractivity contribution >= 4 is 54.5 Å². The molecule has 2 atom stereocenters. The Kier molecular flexibility index (Phi) is 5.22. The van der Waals surface area contributed by atoms with Gasteiger partial charge in [-0.15, -0.1) is 22.7 Å². The van der Waals surface area contributed by atoms with Crippen LogP contribution >= 0.6 is 22.7 Å². The van der Waals surface area contributed by atoms with Crippen LogP contribution < -0.4 is 5.32 Å². The Balaban J connectivity index is 1.46. The number of nitrogens with one attached hydrogen (secondary N) is 1. The minimum absolute atomic E-state index is 0.534. The number of likely N-dealkylation sites (tertiary alicyclic amines) is 1. The highest BCUT2D eigenvalue weighted by Gasteiger charge is 2.33. The quantitative estimate of drug-likeness (QED) is 0.444. The second-order valence-electron chi connectivity index (χ2n) is 7.61. The molecule has 4 heterocycles. The first-order chi connectivity index (χ1) is 14.2. The first kappa shape index (κ1) is 18.9. The highest BCUT2D eigenvalue weighted by molar-refractivity contribution is 7.18. The van der Waals surface area contributed by atoms with Gasteiger partial charge in [-0.25, -0.2) is 9.97 Å². The summed E-state index contributed by atoms with van der Waals surface area (Å²) in [6, 6.07) is 11.3. The van der Waals surface area contributed by atoms with Crippen molar-refractivity contribution < 1.29 is 4.74 Å². The van der Waals surface area contributed by atoms with Gasteiger partial charge in [-0.1, -0.05) is 0 Å². The van der Waals surface area contributed by atoms with Crippen molar-refractivity contribution in [1.82, 2.24) is 14.9 Å². The molecule has 29 heavy (non-hydrogen) atoms. The summed E-state index contributed by atoms with van der Waals surface area (Å²) in [7, 11) is 4.02. The van der Waals surface area contributed by atoms with Gasteiger partial charge >= 0.3 is 0 Å². The molecule has 5 nitrogen and oxygen atoms in total. The lowest BCUT2D eigenvalue weighted by atomic mass is 9.96. The van der Waals surface area contributed by atoms with Gasteiger partial charge in [0.1, 0.15) is 4.83 Å². The number of nitrogens with zero attached hydrogens (tertiary/aromatic N) is 3. The number of fused-ring (bicyclic) bond motifs is 2. The third kappa shape index (κ3) is 3.64. The number of hydrogen-bond donors (Lipinski definition) is 1. The molecule has 4 aromatic rings. The number of ether oxygens (including phenoxy) is 1. The maximum Gasteiger partial charge on any atom is 0.125 e. The van der Waals surface area contributed by atoms with E-state index in [-0.39, 0.29) is 0 Å². The number of hydrogen-bond acceptors (Lipinski definition) is 7. The minimum Gasteiger partial charge on any atom is -0.385 e. The first-order valence-electron chi connectivity index (χ1n) is 9.91. The summed E-state index contributed by atoms with van der Waals surface area (Å²) in [4.78, 5) is 14.1. The number of rotatable bonds is 6. The van der Waals surface area contributed by atoms with E-state index in [1.807, 2.05) is 23.0 Å². The van der Waals surface area contributed by atoms with E-state index in [2.05, 4.69) is 57.6 Å². The summed E-state index contributed by atoms with van der Waals surface area (Å²) in [5.41, 5.74) is 5.09. The van der Waals surface area contributed by atoms with Crippen molar-refractivity contribution in [2.75, 3.05) is 32.6 Å². The van der Waals surface area contributed by atoms with Crippen LogP contribution in [-0.4, -0.2) is 48.2 Å². The van der Waals surface area contributed by atoms with Crippen molar-refractivity contribution in [1.29, 1.82) is 0 Å². The Labute approximate surface area is 178 Å². The number of methoxy groups -OCH3 is 1. The number of thiophene rings is 1. The summed E-state index contributed by atoms with van der Waals surface area (Å²) < 4.78 is 6.56. The van der Waals surface area contributed by atoms with Gasteiger partial charge in [0, 0.05) is 47.8 Å². The van der Waals surface area contributed by atoms with E-state index < -0.39 is 0 Å². The normalized spacial score (nSPS) is 20.1. The second kappa shape index (κ2) is 7.99. The Morgan fingerprint density at radius 2 is 2.17 bits per heavy atom. The van der Waals surface area contributed by atoms with Crippen LogP contribution in [0.15, 0.2) is 42.0 Å². The molecule has 1 saturated heterocycles. The smallest absolute Gasteiger partial charge is 0.125 e. The molecule has 0 spiro atoms. The molecule has 0 aliphatic carbocycles. The van der Waals surface area contributed by atoms with Crippen molar-refractivity contribution in [3.8, 4) is 0 Å². The Hall–Kier alpha value is -2.06. The number of pyridine rings is 1. The zero-order valence-corrected chi connectivity index (χ0v) is 18.2. The summed E-state index contributed by atoms with van der Waals surface area (Å²) in [5.74, 6) is 0.550. The predicted molar refractivity (Wildman–Crippen MR) is 123 cm³/mol. The molecule has 5 rings (SSSR count). The van der Waals surface area contributed by atoms with E-state index in [0.29, 0.717) is 12.0 Å². The molecule has 0 radical (unpaired) electrons. The molecule has 0 saturated carbocycles. The van der Waals surface area contributed by atoms with E-state index in [4.69, 9.17) is 4.74 Å². The number of likely N-dealkylation sites (N-methyl/N-ethyl adjacent to an activating group) is 1. The van der Waals surface area contributed by atoms with Gasteiger partial charge in [-0.2, -0.15) is 0 Å². The summed E-state index contributed by atoms with van der Waals surface area (Å²) >= 11 is 3.50. The third-order valence-corrected chi connectivity index (χ3v) is 7.86. The van der Waals surface area contributed by atoms with Crippen LogP contribution in [0.25, 0.3) is 20.4 Å². The van der Waals surface area contributed by atoms with Crippen LogP contribution in [0, 0.1) is 0 Å². The molecular weight excluding hydrogens is 400 g/mol. The largest absolute Gasteiger partial charge is 0.385 e. The molecule has 0 amide bonds. The Morgan fingerprint density at radius 1 is 1.24 bits per heavy atom. The van der Waals surface area contributed by atoms with Crippen LogP contribution in [0.4, 0.5) is 11.4 Å². The summed E-state index contributed by atoms with van der Waals surface area (Å²) in [6.07, 6.45) is 4.16. The van der Waals surface area contributed by atoms with Crippen molar-refractivity contribution in [2.24, 2.45) is 0 Å². The van der Waals surface area contributed by atoms with Gasteiger partial charge < -0.3 is 15.0 Å². The monoisotopic (exact) mass is 424 g/mol. The Bertz CT molecular complexity index is 1140. The van der Waals surface area contributed by atoms with Gasteiger partial charge in [0.15, 0.2) is 0 Å². The molecule has 150 valence electrons. The molecule has 0 bridgehead atoms. The van der Waals surface area contributed by atoms with Crippen LogP contribution in [0.1, 0.15) is 23.6 Å². The average molecular weight is 425 g/mol. The SMILES string of the molecule is COCC[C@@H]1C(c2cc3c(Nc4ccc5scnc5c4)ccnc3s2)CCN1C. The van der Waals surface area contributed by atoms with Crippen LogP contribution in [-0.2, 0) is 4.74 Å². The van der Waals surface area contributed by atoms with Crippen LogP contribution in [0.2, 0.25) is 0 Å². The van der Waals surface area contributed by atoms with E-state index in [1.165, 1.54) is 21.4 Å². The number of anilines is 2. The number of thiazole rings is 1. The van der Waals surface area contributed by atoms with Crippen molar-refractivity contribution in [3.63, 3.8) is 0 Å². The minimum atomic E-state index is 0.534. The fraction of sp³-hybridized carbons (Fsp3) is 0.364. The second-order valence-corrected chi connectivity index (χ2v) is 9.56. The van der Waals surface area contributed by atoms with Gasteiger partial charge in [-0.05, 0) is 56.8 Å². The molecule has 1 fully saturated rings. The lowest BCUT2D eigenvalue weighted by molar-refractivity contribution is 0.159. The van der Waals surface area contributed by atoms with Gasteiger partial charge in [0.05, 0.1) is 21.4 Å². The highest BCUT2D eigenvalue weighted by atomic mass is 32.1. The van der Waals surface area contributed by atoms with Crippen molar-refractivity contribution in [2.45, 2.75) is 24.8 Å². The maximum atomic E-state index is 5.36. The van der Waals surface area contributed by atoms with E-state index in [0.717, 1.165) is 41.3 Å². The fourth-order valence-electron chi connectivity index (χ4n) is 4.34. The number of benzene rings is 1. The van der Waals surface area contributed by atoms with Gasteiger partial charge in [-0.3, -0.25) is 0 Å². The van der Waals surface area contributed by atoms with E-state index in [9.17, 15) is 0 Å².